The summed E-state index contributed by atoms with van der Waals surface area (Å²) in [5.74, 6) is -23.1. The fraction of sp³-hybridized carbons (Fsp3) is 0. The van der Waals surface area contributed by atoms with E-state index in [1.165, 1.54) is 0 Å². The minimum absolute atomic E-state index is 1.12. The van der Waals surface area contributed by atoms with Gasteiger partial charge in [0.25, 0.3) is 17.8 Å². The van der Waals surface area contributed by atoms with E-state index in [0.29, 0.717) is 0 Å². The molecule has 0 fully saturated rings. The van der Waals surface area contributed by atoms with Gasteiger partial charge in [-0.05, 0) is 0 Å². The summed E-state index contributed by atoms with van der Waals surface area (Å²) in [5.41, 5.74) is -9.48. The SMILES string of the molecule is N#CC(=C1C(F)=c2c3c(c4c(c2=C1F)=C(F)C(=C(C#N)c1nc(F)c(F)o1)C=4F)=C(F)C(=C(C#N)c1nc(F)c(F)o1)C=3F)c1nc(F)c(F)o1. The van der Waals surface area contributed by atoms with E-state index < -0.39 is 153 Å². The molecule has 3 aliphatic carbocycles. The van der Waals surface area contributed by atoms with Gasteiger partial charge in [0.15, 0.2) is 0 Å². The number of hydrogen-bond acceptors (Lipinski definition) is 9. The van der Waals surface area contributed by atoms with Crippen molar-refractivity contribution in [3.8, 4) is 18.2 Å². The lowest BCUT2D eigenvalue weighted by molar-refractivity contribution is 0.322. The lowest BCUT2D eigenvalue weighted by atomic mass is 10.1. The Balaban J connectivity index is 1.80. The van der Waals surface area contributed by atoms with Crippen molar-refractivity contribution in [2.24, 2.45) is 0 Å². The van der Waals surface area contributed by atoms with Crippen LogP contribution >= 0.6 is 0 Å². The lowest BCUT2D eigenvalue weighted by Crippen LogP contribution is -2.64. The van der Waals surface area contributed by atoms with Gasteiger partial charge in [0.2, 0.25) is 17.7 Å². The molecule has 0 saturated carbocycles. The Bertz CT molecular complexity index is 2520. The van der Waals surface area contributed by atoms with Gasteiger partial charge in [-0.2, -0.15) is 57.1 Å². The summed E-state index contributed by atoms with van der Waals surface area (Å²) in [5, 5.41) is 19.8. The zero-order valence-corrected chi connectivity index (χ0v) is 23.4. The molecule has 0 bridgehead atoms. The third kappa shape index (κ3) is 4.19. The number of benzene rings is 1. The number of hydrogen-bond donors (Lipinski definition) is 0. The molecule has 0 spiro atoms. The highest BCUT2D eigenvalue weighted by atomic mass is 19.2. The molecule has 9 nitrogen and oxygen atoms in total. The number of allylic oxidation sites excluding steroid dienone is 6. The van der Waals surface area contributed by atoms with E-state index >= 15 is 26.3 Å². The van der Waals surface area contributed by atoms with Crippen LogP contribution in [0.15, 0.2) is 30.0 Å². The van der Waals surface area contributed by atoms with Crippen molar-refractivity contribution in [2.75, 3.05) is 0 Å². The second kappa shape index (κ2) is 11.0. The first kappa shape index (κ1) is 32.5. The molecule has 0 atom stereocenters. The van der Waals surface area contributed by atoms with Crippen LogP contribution < -0.4 is 31.3 Å². The fourth-order valence-corrected chi connectivity index (χ4v) is 5.57. The van der Waals surface area contributed by atoms with Crippen molar-refractivity contribution in [1.29, 1.82) is 15.8 Å². The topological polar surface area (TPSA) is 149 Å². The van der Waals surface area contributed by atoms with Crippen LogP contribution in [-0.2, 0) is 0 Å². The number of aromatic nitrogens is 3. The van der Waals surface area contributed by atoms with Crippen molar-refractivity contribution >= 4 is 51.7 Å². The van der Waals surface area contributed by atoms with Crippen LogP contribution in [0.25, 0.3) is 51.7 Å². The molecule has 0 aliphatic heterocycles. The predicted molar refractivity (Wildman–Crippen MR) is 138 cm³/mol. The molecule has 51 heavy (non-hydrogen) atoms. The van der Waals surface area contributed by atoms with Crippen LogP contribution in [0.4, 0.5) is 52.7 Å². The average Bonchev–Trinajstić information content (AvgIpc) is 3.88. The second-order valence-electron chi connectivity index (χ2n) is 9.97. The third-order valence-corrected chi connectivity index (χ3v) is 7.51. The first-order valence-corrected chi connectivity index (χ1v) is 13.0. The Morgan fingerprint density at radius 3 is 0.706 bits per heavy atom. The van der Waals surface area contributed by atoms with Crippen LogP contribution in [0.3, 0.4) is 0 Å². The van der Waals surface area contributed by atoms with Crippen LogP contribution in [0.1, 0.15) is 17.7 Å². The monoisotopic (exact) mass is 720 g/mol. The first-order chi connectivity index (χ1) is 24.2. The number of halogens is 12. The van der Waals surface area contributed by atoms with Gasteiger partial charge in [-0.1, -0.05) is 0 Å². The van der Waals surface area contributed by atoms with Crippen LogP contribution in [0.2, 0.25) is 0 Å². The van der Waals surface area contributed by atoms with Gasteiger partial charge in [-0.25, -0.2) is 26.3 Å². The highest BCUT2D eigenvalue weighted by Crippen LogP contribution is 2.37. The Morgan fingerprint density at radius 1 is 0.373 bits per heavy atom. The van der Waals surface area contributed by atoms with Gasteiger partial charge < -0.3 is 13.3 Å². The van der Waals surface area contributed by atoms with Gasteiger partial charge in [-0.3, -0.25) is 0 Å². The molecule has 21 heteroatoms. The molecular formula is C30F12N6O3. The normalized spacial score (nSPS) is 14.6. The van der Waals surface area contributed by atoms with E-state index in [4.69, 9.17) is 0 Å². The molecule has 4 aromatic rings. The zero-order chi connectivity index (χ0) is 37.0. The summed E-state index contributed by atoms with van der Waals surface area (Å²) >= 11 is 0. The van der Waals surface area contributed by atoms with Crippen molar-refractivity contribution in [1.82, 2.24) is 15.0 Å². The molecule has 0 N–H and O–H groups in total. The molecule has 0 unspecified atom stereocenters. The number of rotatable bonds is 3. The lowest BCUT2D eigenvalue weighted by Gasteiger charge is -2.00. The van der Waals surface area contributed by atoms with Crippen molar-refractivity contribution in [3.63, 3.8) is 0 Å². The van der Waals surface area contributed by atoms with Gasteiger partial charge in [-0.15, -0.1) is 0 Å². The average molecular weight is 720 g/mol. The van der Waals surface area contributed by atoms with Gasteiger partial charge >= 0.3 is 18.0 Å². The minimum atomic E-state index is -2.13. The smallest absolute Gasteiger partial charge is 0.335 e. The number of nitriles is 3. The van der Waals surface area contributed by atoms with Gasteiger partial charge in [0.05, 0.1) is 16.7 Å². The molecule has 7 rings (SSSR count). The summed E-state index contributed by atoms with van der Waals surface area (Å²) in [7, 11) is 0. The second-order valence-corrected chi connectivity index (χ2v) is 9.97. The van der Waals surface area contributed by atoms with E-state index in [0.717, 1.165) is 18.2 Å². The number of oxazole rings is 3. The minimum Gasteiger partial charge on any atom is -0.408 e. The highest BCUT2D eigenvalue weighted by molar-refractivity contribution is 6.03. The quantitative estimate of drug-likeness (QED) is 0.230. The van der Waals surface area contributed by atoms with Crippen LogP contribution in [0, 0.1) is 69.9 Å². The number of nitrogens with zero attached hydrogens (tertiary/aromatic N) is 6. The van der Waals surface area contributed by atoms with Crippen molar-refractivity contribution < 1.29 is 65.9 Å². The summed E-state index contributed by atoms with van der Waals surface area (Å²) in [6.45, 7) is 0. The largest absolute Gasteiger partial charge is 0.408 e. The molecular weight excluding hydrogens is 720 g/mol. The third-order valence-electron chi connectivity index (χ3n) is 7.51. The summed E-state index contributed by atoms with van der Waals surface area (Å²) in [4.78, 5) is 8.56. The fourth-order valence-electron chi connectivity index (χ4n) is 5.57. The molecule has 0 saturated heterocycles. The van der Waals surface area contributed by atoms with Crippen molar-refractivity contribution in [2.45, 2.75) is 0 Å². The van der Waals surface area contributed by atoms with Crippen molar-refractivity contribution in [3.05, 3.63) is 102 Å². The highest BCUT2D eigenvalue weighted by Gasteiger charge is 2.39. The van der Waals surface area contributed by atoms with Gasteiger partial charge in [0, 0.05) is 31.3 Å². The Hall–Kier alpha value is -7.08. The van der Waals surface area contributed by atoms with Crippen LogP contribution in [0.5, 0.6) is 0 Å². The van der Waals surface area contributed by atoms with Gasteiger partial charge in [0.1, 0.15) is 69.9 Å². The van der Waals surface area contributed by atoms with Crippen LogP contribution in [-0.4, -0.2) is 15.0 Å². The molecule has 252 valence electrons. The first-order valence-electron chi connectivity index (χ1n) is 13.0. The van der Waals surface area contributed by atoms with E-state index in [1.807, 2.05) is 0 Å². The maximum Gasteiger partial charge on any atom is 0.335 e. The zero-order valence-electron chi connectivity index (χ0n) is 23.4. The van der Waals surface area contributed by atoms with E-state index in [2.05, 4.69) is 28.2 Å². The standard InChI is InChI=1S/C30F12N6O3/c31-16-7(4(1-43)28-46-22(37)25(40)49-28)17(32)11-10(16)12-14(20(35)8(18(12)33)5(2-44)29-47-23(38)26(41)50-29)15-13(11)19(34)9(21(15)36)6(3-45)30-48-24(39)27(42)51-30. The number of fused-ring (bicyclic) bond motifs is 6. The summed E-state index contributed by atoms with van der Waals surface area (Å²) < 4.78 is 193. The molecule has 1 aromatic carbocycles. The molecule has 3 heterocycles. The van der Waals surface area contributed by atoms with E-state index in [-0.39, 0.29) is 0 Å². The Kier molecular flexibility index (Phi) is 6.98. The predicted octanol–water partition coefficient (Wildman–Crippen LogP) is 2.92. The molecule has 0 amide bonds. The summed E-state index contributed by atoms with van der Waals surface area (Å²) in [6.07, 6.45) is 0. The summed E-state index contributed by atoms with van der Waals surface area (Å²) in [6, 6.07) is -2.88. The Labute approximate surface area is 268 Å². The maximum atomic E-state index is 16.4. The Morgan fingerprint density at radius 2 is 0.569 bits per heavy atom. The van der Waals surface area contributed by atoms with E-state index in [9.17, 15) is 42.1 Å². The van der Waals surface area contributed by atoms with E-state index in [1.54, 1.807) is 0 Å². The molecule has 3 aliphatic rings. The maximum absolute atomic E-state index is 16.4. The molecule has 3 aromatic heterocycles. The molecule has 0 radical (unpaired) electrons.